The van der Waals surface area contributed by atoms with Crippen LogP contribution >= 0.6 is 27.3 Å². The zero-order valence-electron chi connectivity index (χ0n) is 19.0. The molecule has 0 aliphatic carbocycles. The van der Waals surface area contributed by atoms with E-state index in [0.29, 0.717) is 16.8 Å². The summed E-state index contributed by atoms with van der Waals surface area (Å²) in [5.74, 6) is -1.02. The van der Waals surface area contributed by atoms with Gasteiger partial charge in [0.25, 0.3) is 11.8 Å². The molecule has 178 valence electrons. The van der Waals surface area contributed by atoms with Crippen molar-refractivity contribution >= 4 is 62.7 Å². The van der Waals surface area contributed by atoms with Gasteiger partial charge in [-0.15, -0.1) is 11.3 Å². The largest absolute Gasteiger partial charge is 0.321 e. The lowest BCUT2D eigenvalue weighted by Crippen LogP contribution is -2.30. The highest BCUT2D eigenvalue weighted by atomic mass is 79.9. The highest BCUT2D eigenvalue weighted by molar-refractivity contribution is 9.10. The molecule has 5 nitrogen and oxygen atoms in total. The molecular weight excluding hydrogens is 536 g/mol. The Balaban J connectivity index is 1.50. The Morgan fingerprint density at radius 2 is 1.50 bits per heavy atom. The molecule has 0 saturated carbocycles. The third-order valence-electron chi connectivity index (χ3n) is 5.08. The van der Waals surface area contributed by atoms with Crippen LogP contribution in [-0.2, 0) is 4.79 Å². The van der Waals surface area contributed by atoms with Crippen LogP contribution in [-0.4, -0.2) is 17.6 Å². The fraction of sp³-hybridized carbons (Fsp3) is 0. The summed E-state index contributed by atoms with van der Waals surface area (Å²) in [5, 5.41) is 7.45. The Labute approximate surface area is 221 Å². The first-order chi connectivity index (χ1) is 17.5. The summed E-state index contributed by atoms with van der Waals surface area (Å²) in [6.07, 6.45) is 4.91. The highest BCUT2D eigenvalue weighted by Crippen LogP contribution is 2.16. The smallest absolute Gasteiger partial charge is 0.272 e. The van der Waals surface area contributed by atoms with Crippen LogP contribution in [0.3, 0.4) is 0 Å². The number of hydrogen-bond acceptors (Lipinski definition) is 4. The van der Waals surface area contributed by atoms with Gasteiger partial charge in [-0.2, -0.15) is 0 Å². The van der Waals surface area contributed by atoms with Gasteiger partial charge in [-0.1, -0.05) is 52.3 Å². The SMILES string of the molecule is O=C(Nc1ccc(C(=O)/C=C/c2cccs2)cc1)/C(=C/c1ccc(Br)cc1)NC(=O)c1ccccc1. The maximum atomic E-state index is 13.1. The number of ketones is 1. The molecule has 0 unspecified atom stereocenters. The molecule has 0 bridgehead atoms. The first-order valence-corrected chi connectivity index (χ1v) is 12.7. The number of hydrogen-bond donors (Lipinski definition) is 2. The predicted molar refractivity (Wildman–Crippen MR) is 149 cm³/mol. The summed E-state index contributed by atoms with van der Waals surface area (Å²) in [6, 6.07) is 26.5. The third kappa shape index (κ3) is 6.97. The van der Waals surface area contributed by atoms with Crippen molar-refractivity contribution in [2.24, 2.45) is 0 Å². The molecule has 1 aromatic heterocycles. The first-order valence-electron chi connectivity index (χ1n) is 11.0. The maximum absolute atomic E-state index is 13.1. The third-order valence-corrected chi connectivity index (χ3v) is 6.45. The zero-order chi connectivity index (χ0) is 25.3. The number of carbonyl (C=O) groups excluding carboxylic acids is 3. The zero-order valence-corrected chi connectivity index (χ0v) is 21.4. The van der Waals surface area contributed by atoms with Crippen LogP contribution in [0.4, 0.5) is 5.69 Å². The number of carbonyl (C=O) groups is 3. The summed E-state index contributed by atoms with van der Waals surface area (Å²) in [6.45, 7) is 0. The van der Waals surface area contributed by atoms with Gasteiger partial charge in [0.05, 0.1) is 0 Å². The molecule has 36 heavy (non-hydrogen) atoms. The first kappa shape index (κ1) is 25.0. The Hall–Kier alpha value is -4.07. The average molecular weight is 557 g/mol. The Kier molecular flexibility index (Phi) is 8.39. The lowest BCUT2D eigenvalue weighted by molar-refractivity contribution is -0.113. The lowest BCUT2D eigenvalue weighted by atomic mass is 10.1. The minimum Gasteiger partial charge on any atom is -0.321 e. The number of amides is 2. The van der Waals surface area contributed by atoms with E-state index in [2.05, 4.69) is 26.6 Å². The number of benzene rings is 3. The lowest BCUT2D eigenvalue weighted by Gasteiger charge is -2.12. The minimum atomic E-state index is -0.487. The Morgan fingerprint density at radius 1 is 0.778 bits per heavy atom. The number of halogens is 1. The maximum Gasteiger partial charge on any atom is 0.272 e. The van der Waals surface area contributed by atoms with E-state index < -0.39 is 11.8 Å². The molecule has 0 aliphatic heterocycles. The van der Waals surface area contributed by atoms with Crippen molar-refractivity contribution in [3.05, 3.63) is 134 Å². The summed E-state index contributed by atoms with van der Waals surface area (Å²) in [5.41, 5.74) is 2.27. The molecule has 2 N–H and O–H groups in total. The molecular formula is C29H21BrN2O3S. The fourth-order valence-electron chi connectivity index (χ4n) is 3.22. The van der Waals surface area contributed by atoms with Crippen molar-refractivity contribution in [1.82, 2.24) is 5.32 Å². The minimum absolute atomic E-state index is 0.0882. The van der Waals surface area contributed by atoms with Crippen LogP contribution in [0.15, 0.2) is 113 Å². The van der Waals surface area contributed by atoms with E-state index >= 15 is 0 Å². The second kappa shape index (κ2) is 12.1. The van der Waals surface area contributed by atoms with E-state index in [4.69, 9.17) is 0 Å². The molecule has 1 heterocycles. The monoisotopic (exact) mass is 556 g/mol. The molecule has 0 fully saturated rings. The van der Waals surface area contributed by atoms with Crippen LogP contribution in [0.2, 0.25) is 0 Å². The standard InChI is InChI=1S/C29H21BrN2O3S/c30-23-12-8-20(9-13-23)19-26(32-28(34)22-5-2-1-3-6-22)29(35)31-24-14-10-21(11-15-24)27(33)17-16-25-7-4-18-36-25/h1-19H,(H,31,35)(H,32,34)/b17-16+,26-19-. The normalized spacial score (nSPS) is 11.3. The number of anilines is 1. The van der Waals surface area contributed by atoms with Crippen LogP contribution in [0.5, 0.6) is 0 Å². The second-order valence-electron chi connectivity index (χ2n) is 7.67. The molecule has 4 aromatic rings. The van der Waals surface area contributed by atoms with E-state index in [0.717, 1.165) is 14.9 Å². The summed E-state index contributed by atoms with van der Waals surface area (Å²) in [4.78, 5) is 39.3. The molecule has 0 atom stereocenters. The molecule has 0 spiro atoms. The van der Waals surface area contributed by atoms with E-state index in [-0.39, 0.29) is 11.5 Å². The van der Waals surface area contributed by atoms with E-state index in [1.807, 2.05) is 47.8 Å². The molecule has 3 aromatic carbocycles. The average Bonchev–Trinajstić information content (AvgIpc) is 3.43. The van der Waals surface area contributed by atoms with Crippen LogP contribution in [0.1, 0.15) is 31.2 Å². The van der Waals surface area contributed by atoms with Gasteiger partial charge in [0, 0.05) is 26.2 Å². The number of rotatable bonds is 8. The molecule has 0 saturated heterocycles. The van der Waals surface area contributed by atoms with Gasteiger partial charge in [-0.05, 0) is 83.8 Å². The van der Waals surface area contributed by atoms with Gasteiger partial charge in [-0.25, -0.2) is 0 Å². The van der Waals surface area contributed by atoms with E-state index in [1.165, 1.54) is 6.08 Å². The van der Waals surface area contributed by atoms with Crippen LogP contribution < -0.4 is 10.6 Å². The summed E-state index contributed by atoms with van der Waals surface area (Å²) < 4.78 is 0.902. The van der Waals surface area contributed by atoms with Gasteiger partial charge >= 0.3 is 0 Å². The van der Waals surface area contributed by atoms with Crippen molar-refractivity contribution in [3.8, 4) is 0 Å². The summed E-state index contributed by atoms with van der Waals surface area (Å²) in [7, 11) is 0. The molecule has 2 amide bonds. The van der Waals surface area contributed by atoms with Crippen molar-refractivity contribution in [3.63, 3.8) is 0 Å². The Morgan fingerprint density at radius 3 is 2.17 bits per heavy atom. The summed E-state index contributed by atoms with van der Waals surface area (Å²) >= 11 is 4.95. The van der Waals surface area contributed by atoms with Crippen molar-refractivity contribution in [2.75, 3.05) is 5.32 Å². The predicted octanol–water partition coefficient (Wildman–Crippen LogP) is 6.82. The van der Waals surface area contributed by atoms with Crippen molar-refractivity contribution in [2.45, 2.75) is 0 Å². The Bertz CT molecular complexity index is 1410. The number of thiophene rings is 1. The number of nitrogens with one attached hydrogen (secondary N) is 2. The highest BCUT2D eigenvalue weighted by Gasteiger charge is 2.15. The van der Waals surface area contributed by atoms with Gasteiger partial charge < -0.3 is 10.6 Å². The van der Waals surface area contributed by atoms with Crippen molar-refractivity contribution < 1.29 is 14.4 Å². The van der Waals surface area contributed by atoms with Crippen molar-refractivity contribution in [1.29, 1.82) is 0 Å². The topological polar surface area (TPSA) is 75.3 Å². The number of allylic oxidation sites excluding steroid dienone is 1. The van der Waals surface area contributed by atoms with Gasteiger partial charge in [0.1, 0.15) is 5.70 Å². The van der Waals surface area contributed by atoms with Crippen LogP contribution in [0, 0.1) is 0 Å². The quantitative estimate of drug-likeness (QED) is 0.185. The fourth-order valence-corrected chi connectivity index (χ4v) is 4.11. The molecule has 4 rings (SSSR count). The van der Waals surface area contributed by atoms with Crippen LogP contribution in [0.25, 0.3) is 12.2 Å². The molecule has 0 aliphatic rings. The second-order valence-corrected chi connectivity index (χ2v) is 9.57. The van der Waals surface area contributed by atoms with Gasteiger partial charge in [-0.3, -0.25) is 14.4 Å². The molecule has 0 radical (unpaired) electrons. The van der Waals surface area contributed by atoms with E-state index in [1.54, 1.807) is 72.0 Å². The van der Waals surface area contributed by atoms with E-state index in [9.17, 15) is 14.4 Å². The molecule has 7 heteroatoms. The van der Waals surface area contributed by atoms with Gasteiger partial charge in [0.2, 0.25) is 0 Å². The van der Waals surface area contributed by atoms with Gasteiger partial charge in [0.15, 0.2) is 5.78 Å².